The molecule has 0 radical (unpaired) electrons. The number of hydrogen-bond acceptors (Lipinski definition) is 4. The van der Waals surface area contributed by atoms with E-state index in [2.05, 4.69) is 28.1 Å². The van der Waals surface area contributed by atoms with Crippen LogP contribution in [0.1, 0.15) is 11.3 Å². The average molecular weight is 279 g/mol. The van der Waals surface area contributed by atoms with Gasteiger partial charge < -0.3 is 4.74 Å². The number of nitrogens with zero attached hydrogens (tertiary/aromatic N) is 3. The summed E-state index contributed by atoms with van der Waals surface area (Å²) in [6, 6.07) is 15.9. The molecule has 0 bridgehead atoms. The maximum Gasteiger partial charge on any atom is 0.141 e. The Bertz CT molecular complexity index is 657. The monoisotopic (exact) mass is 279 g/mol. The number of benzene rings is 1. The molecule has 0 unspecified atom stereocenters. The van der Waals surface area contributed by atoms with Crippen LogP contribution in [0.25, 0.3) is 11.3 Å². The second-order valence-corrected chi connectivity index (χ2v) is 5.07. The van der Waals surface area contributed by atoms with Crippen molar-refractivity contribution in [3.8, 4) is 17.3 Å². The predicted octanol–water partition coefficient (Wildman–Crippen LogP) is 2.45. The molecule has 1 fully saturated rings. The van der Waals surface area contributed by atoms with Crippen LogP contribution >= 0.6 is 0 Å². The maximum atomic E-state index is 9.00. The Morgan fingerprint density at radius 3 is 2.71 bits per heavy atom. The quantitative estimate of drug-likeness (QED) is 0.866. The molecule has 21 heavy (non-hydrogen) atoms. The van der Waals surface area contributed by atoms with Gasteiger partial charge in [-0.1, -0.05) is 30.3 Å². The van der Waals surface area contributed by atoms with Gasteiger partial charge in [-0.25, -0.2) is 4.98 Å². The Morgan fingerprint density at radius 2 is 1.90 bits per heavy atom. The van der Waals surface area contributed by atoms with Crippen LogP contribution in [0, 0.1) is 11.3 Å². The highest BCUT2D eigenvalue weighted by atomic mass is 16.5. The van der Waals surface area contributed by atoms with Gasteiger partial charge in [-0.3, -0.25) is 4.90 Å². The largest absolute Gasteiger partial charge is 0.379 e. The topological polar surface area (TPSA) is 49.2 Å². The molecule has 0 spiro atoms. The van der Waals surface area contributed by atoms with Crippen molar-refractivity contribution in [3.05, 3.63) is 53.7 Å². The molecule has 0 amide bonds. The number of rotatable bonds is 3. The summed E-state index contributed by atoms with van der Waals surface area (Å²) in [6.07, 6.45) is 0. The molecule has 2 aromatic rings. The first kappa shape index (κ1) is 13.7. The summed E-state index contributed by atoms with van der Waals surface area (Å²) in [5.74, 6) is 0. The minimum absolute atomic E-state index is 0.452. The average Bonchev–Trinajstić information content (AvgIpc) is 2.56. The van der Waals surface area contributed by atoms with E-state index in [-0.39, 0.29) is 0 Å². The zero-order valence-corrected chi connectivity index (χ0v) is 11.8. The lowest BCUT2D eigenvalue weighted by molar-refractivity contribution is 0.0342. The molecule has 106 valence electrons. The van der Waals surface area contributed by atoms with Gasteiger partial charge in [0.15, 0.2) is 0 Å². The van der Waals surface area contributed by atoms with E-state index in [1.807, 2.05) is 24.3 Å². The van der Waals surface area contributed by atoms with Crippen LogP contribution < -0.4 is 0 Å². The highest BCUT2D eigenvalue weighted by molar-refractivity contribution is 5.64. The predicted molar refractivity (Wildman–Crippen MR) is 80.5 cm³/mol. The fraction of sp³-hybridized carbons (Fsp3) is 0.294. The number of hydrogen-bond donors (Lipinski definition) is 0. The van der Waals surface area contributed by atoms with E-state index in [1.54, 1.807) is 6.07 Å². The van der Waals surface area contributed by atoms with Gasteiger partial charge in [0.1, 0.15) is 11.8 Å². The Balaban J connectivity index is 1.89. The highest BCUT2D eigenvalue weighted by Crippen LogP contribution is 2.23. The third-order valence-electron chi connectivity index (χ3n) is 3.65. The molecule has 4 heteroatoms. The highest BCUT2D eigenvalue weighted by Gasteiger charge is 2.13. The minimum Gasteiger partial charge on any atom is -0.379 e. The van der Waals surface area contributed by atoms with Crippen LogP contribution in [0.3, 0.4) is 0 Å². The van der Waals surface area contributed by atoms with E-state index in [0.29, 0.717) is 5.69 Å². The summed E-state index contributed by atoms with van der Waals surface area (Å²) >= 11 is 0. The van der Waals surface area contributed by atoms with Gasteiger partial charge in [0.25, 0.3) is 0 Å². The van der Waals surface area contributed by atoms with Crippen molar-refractivity contribution < 1.29 is 4.74 Å². The smallest absolute Gasteiger partial charge is 0.141 e. The fourth-order valence-electron chi connectivity index (χ4n) is 2.56. The van der Waals surface area contributed by atoms with Crippen LogP contribution in [0.4, 0.5) is 0 Å². The van der Waals surface area contributed by atoms with Gasteiger partial charge in [-0.05, 0) is 17.7 Å². The number of aromatic nitrogens is 1. The molecule has 0 aliphatic carbocycles. The third kappa shape index (κ3) is 3.27. The second kappa shape index (κ2) is 6.49. The maximum absolute atomic E-state index is 9.00. The molecule has 0 N–H and O–H groups in total. The van der Waals surface area contributed by atoms with Gasteiger partial charge >= 0.3 is 0 Å². The summed E-state index contributed by atoms with van der Waals surface area (Å²) in [5.41, 5.74) is 3.65. The van der Waals surface area contributed by atoms with Crippen molar-refractivity contribution in [1.29, 1.82) is 5.26 Å². The second-order valence-electron chi connectivity index (χ2n) is 5.07. The lowest BCUT2D eigenvalue weighted by Gasteiger charge is -2.27. The van der Waals surface area contributed by atoms with Gasteiger partial charge in [0.05, 0.1) is 18.9 Å². The van der Waals surface area contributed by atoms with Crippen LogP contribution in [0.15, 0.2) is 42.5 Å². The minimum atomic E-state index is 0.452. The zero-order valence-electron chi connectivity index (χ0n) is 11.8. The lowest BCUT2D eigenvalue weighted by Crippen LogP contribution is -2.35. The van der Waals surface area contributed by atoms with Gasteiger partial charge in [0.2, 0.25) is 0 Å². The zero-order chi connectivity index (χ0) is 14.5. The van der Waals surface area contributed by atoms with Crippen molar-refractivity contribution >= 4 is 0 Å². The van der Waals surface area contributed by atoms with Gasteiger partial charge in [-0.15, -0.1) is 0 Å². The van der Waals surface area contributed by atoms with Crippen molar-refractivity contribution in [3.63, 3.8) is 0 Å². The Morgan fingerprint density at radius 1 is 1.10 bits per heavy atom. The standard InChI is InChI=1S/C17H17N3O/c18-12-15-5-3-7-17(19-15)16-6-2-1-4-14(16)13-20-8-10-21-11-9-20/h1-7H,8-11,13H2. The summed E-state index contributed by atoms with van der Waals surface area (Å²) in [5, 5.41) is 9.00. The van der Waals surface area contributed by atoms with E-state index in [9.17, 15) is 0 Å². The molecule has 3 rings (SSSR count). The van der Waals surface area contributed by atoms with Gasteiger partial charge in [0, 0.05) is 25.2 Å². The first-order valence-electron chi connectivity index (χ1n) is 7.12. The van der Waals surface area contributed by atoms with Crippen LogP contribution in [-0.2, 0) is 11.3 Å². The first-order chi connectivity index (χ1) is 10.4. The Hall–Kier alpha value is -2.22. The summed E-state index contributed by atoms with van der Waals surface area (Å²) in [6.45, 7) is 4.40. The molecule has 2 heterocycles. The Labute approximate surface area is 124 Å². The van der Waals surface area contributed by atoms with Crippen molar-refractivity contribution in [2.45, 2.75) is 6.54 Å². The number of ether oxygens (including phenoxy) is 1. The SMILES string of the molecule is N#Cc1cccc(-c2ccccc2CN2CCOCC2)n1. The van der Waals surface area contributed by atoms with Crippen molar-refractivity contribution in [2.24, 2.45) is 0 Å². The molecule has 1 aromatic heterocycles. The summed E-state index contributed by atoms with van der Waals surface area (Å²) < 4.78 is 5.39. The first-order valence-corrected chi connectivity index (χ1v) is 7.12. The molecule has 1 aliphatic rings. The molecule has 0 saturated carbocycles. The molecule has 1 saturated heterocycles. The lowest BCUT2D eigenvalue weighted by atomic mass is 10.0. The van der Waals surface area contributed by atoms with Crippen LogP contribution in [0.5, 0.6) is 0 Å². The summed E-state index contributed by atoms with van der Waals surface area (Å²) in [7, 11) is 0. The normalized spacial score (nSPS) is 15.6. The van der Waals surface area contributed by atoms with E-state index in [4.69, 9.17) is 10.00 Å². The van der Waals surface area contributed by atoms with E-state index in [0.717, 1.165) is 44.1 Å². The number of nitriles is 1. The van der Waals surface area contributed by atoms with Crippen LogP contribution in [-0.4, -0.2) is 36.2 Å². The van der Waals surface area contributed by atoms with E-state index < -0.39 is 0 Å². The van der Waals surface area contributed by atoms with Gasteiger partial charge in [-0.2, -0.15) is 5.26 Å². The molecule has 1 aliphatic heterocycles. The fourth-order valence-corrected chi connectivity index (χ4v) is 2.56. The summed E-state index contributed by atoms with van der Waals surface area (Å²) in [4.78, 5) is 6.80. The molecular weight excluding hydrogens is 262 g/mol. The molecule has 0 atom stereocenters. The number of morpholine rings is 1. The van der Waals surface area contributed by atoms with Crippen molar-refractivity contribution in [1.82, 2.24) is 9.88 Å². The van der Waals surface area contributed by atoms with Crippen LogP contribution in [0.2, 0.25) is 0 Å². The van der Waals surface area contributed by atoms with Crippen molar-refractivity contribution in [2.75, 3.05) is 26.3 Å². The molecule has 1 aromatic carbocycles. The van der Waals surface area contributed by atoms with E-state index in [1.165, 1.54) is 5.56 Å². The molecule has 4 nitrogen and oxygen atoms in total. The number of pyridine rings is 1. The third-order valence-corrected chi connectivity index (χ3v) is 3.65. The van der Waals surface area contributed by atoms with E-state index >= 15 is 0 Å². The Kier molecular flexibility index (Phi) is 4.25. The molecular formula is C17H17N3O.